The van der Waals surface area contributed by atoms with Crippen molar-refractivity contribution < 1.29 is 33.6 Å². The lowest BCUT2D eigenvalue weighted by Gasteiger charge is -2.40. The first-order chi connectivity index (χ1) is 13.3. The Kier molecular flexibility index (Phi) is 7.51. The number of aliphatic hydroxyl groups excluding tert-OH is 1. The second-order valence-electron chi connectivity index (χ2n) is 7.09. The first-order valence-electron chi connectivity index (χ1n) is 9.31. The molecule has 1 aliphatic heterocycles. The number of nitrogens with one attached hydrogen (secondary N) is 1. The Bertz CT molecular complexity index is 644. The van der Waals surface area contributed by atoms with Crippen LogP contribution in [0.4, 0.5) is 0 Å². The molecule has 1 fully saturated rings. The van der Waals surface area contributed by atoms with Gasteiger partial charge in [0.15, 0.2) is 17.3 Å². The summed E-state index contributed by atoms with van der Waals surface area (Å²) in [5, 5.41) is 12.3. The highest BCUT2D eigenvalue weighted by atomic mass is 16.7. The number of hydrogen-bond donors (Lipinski definition) is 2. The fraction of sp³-hybridized carbons (Fsp3) is 0.650. The number of ether oxygens (including phenoxy) is 5. The second kappa shape index (κ2) is 9.45. The highest BCUT2D eigenvalue weighted by Gasteiger charge is 2.54. The first kappa shape index (κ1) is 22.3. The predicted molar refractivity (Wildman–Crippen MR) is 103 cm³/mol. The first-order valence-corrected chi connectivity index (χ1v) is 9.31. The lowest BCUT2D eigenvalue weighted by Crippen LogP contribution is -2.55. The summed E-state index contributed by atoms with van der Waals surface area (Å²) in [7, 11) is 4.68. The largest absolute Gasteiger partial charge is 0.493 e. The molecule has 1 saturated heterocycles. The summed E-state index contributed by atoms with van der Waals surface area (Å²) < 4.78 is 27.5. The third-order valence-corrected chi connectivity index (χ3v) is 5.14. The second-order valence-corrected chi connectivity index (χ2v) is 7.09. The van der Waals surface area contributed by atoms with E-state index in [0.717, 1.165) is 5.56 Å². The van der Waals surface area contributed by atoms with Gasteiger partial charge < -0.3 is 34.1 Å². The van der Waals surface area contributed by atoms with Crippen LogP contribution in [0.15, 0.2) is 12.1 Å². The maximum atomic E-state index is 12.8. The summed E-state index contributed by atoms with van der Waals surface area (Å²) in [6, 6.07) is 3.71. The molecular formula is C20H31NO7. The molecule has 1 aliphatic rings. The lowest BCUT2D eigenvalue weighted by atomic mass is 9.80. The van der Waals surface area contributed by atoms with Gasteiger partial charge in [-0.1, -0.05) is 0 Å². The molecule has 0 aromatic heterocycles. The van der Waals surface area contributed by atoms with Crippen LogP contribution in [0.2, 0.25) is 0 Å². The van der Waals surface area contributed by atoms with Gasteiger partial charge in [-0.25, -0.2) is 0 Å². The molecule has 8 nitrogen and oxygen atoms in total. The van der Waals surface area contributed by atoms with Crippen molar-refractivity contribution in [1.29, 1.82) is 0 Å². The van der Waals surface area contributed by atoms with Crippen molar-refractivity contribution >= 4 is 5.91 Å². The van der Waals surface area contributed by atoms with E-state index in [1.165, 1.54) is 0 Å². The molecule has 158 valence electrons. The Morgan fingerprint density at radius 1 is 1.14 bits per heavy atom. The van der Waals surface area contributed by atoms with Crippen LogP contribution in [0, 0.1) is 5.41 Å². The minimum absolute atomic E-state index is 0.123. The van der Waals surface area contributed by atoms with E-state index in [1.807, 2.05) is 12.1 Å². The molecule has 0 atom stereocenters. The van der Waals surface area contributed by atoms with Crippen molar-refractivity contribution in [1.82, 2.24) is 5.32 Å². The molecule has 28 heavy (non-hydrogen) atoms. The van der Waals surface area contributed by atoms with Gasteiger partial charge in [-0.3, -0.25) is 4.79 Å². The van der Waals surface area contributed by atoms with Crippen molar-refractivity contribution in [3.05, 3.63) is 17.7 Å². The van der Waals surface area contributed by atoms with Crippen molar-refractivity contribution in [3.63, 3.8) is 0 Å². The van der Waals surface area contributed by atoms with Gasteiger partial charge in [0.2, 0.25) is 11.7 Å². The number of methoxy groups -OCH3 is 3. The number of carbonyl (C=O) groups excluding carboxylic acids is 1. The van der Waals surface area contributed by atoms with Crippen molar-refractivity contribution in [2.24, 2.45) is 5.41 Å². The average molecular weight is 397 g/mol. The maximum absolute atomic E-state index is 12.8. The molecule has 1 aromatic carbocycles. The molecule has 0 radical (unpaired) electrons. The number of carbonyl (C=O) groups is 1. The van der Waals surface area contributed by atoms with Gasteiger partial charge in [0.1, 0.15) is 0 Å². The SMILES string of the molecule is COc1cc(CCNC(=O)C(C)(C)C2(CCO)OCCO2)cc(OC)c1OC. The Morgan fingerprint density at radius 2 is 1.71 bits per heavy atom. The number of aliphatic hydroxyl groups is 1. The molecule has 1 heterocycles. The van der Waals surface area contributed by atoms with E-state index >= 15 is 0 Å². The van der Waals surface area contributed by atoms with Crippen molar-refractivity contribution in [2.75, 3.05) is 47.7 Å². The minimum atomic E-state index is -1.11. The van der Waals surface area contributed by atoms with Crippen LogP contribution in [0.5, 0.6) is 17.2 Å². The average Bonchev–Trinajstić information content (AvgIpc) is 3.17. The summed E-state index contributed by atoms with van der Waals surface area (Å²) in [6.07, 6.45) is 0.813. The zero-order valence-corrected chi connectivity index (χ0v) is 17.3. The smallest absolute Gasteiger partial charge is 0.231 e. The number of amides is 1. The van der Waals surface area contributed by atoms with E-state index in [4.69, 9.17) is 23.7 Å². The predicted octanol–water partition coefficient (Wildman–Crippen LogP) is 1.52. The van der Waals surface area contributed by atoms with Gasteiger partial charge >= 0.3 is 0 Å². The van der Waals surface area contributed by atoms with Gasteiger partial charge in [0.25, 0.3) is 0 Å². The Hall–Kier alpha value is -2.03. The van der Waals surface area contributed by atoms with Crippen molar-refractivity contribution in [2.45, 2.75) is 32.5 Å². The molecule has 0 unspecified atom stereocenters. The van der Waals surface area contributed by atoms with Crippen LogP contribution in [0.3, 0.4) is 0 Å². The molecule has 2 N–H and O–H groups in total. The molecule has 8 heteroatoms. The fourth-order valence-electron chi connectivity index (χ4n) is 3.41. The molecule has 0 spiro atoms. The zero-order chi connectivity index (χ0) is 20.8. The van der Waals surface area contributed by atoms with Crippen LogP contribution < -0.4 is 19.5 Å². The zero-order valence-electron chi connectivity index (χ0n) is 17.3. The number of rotatable bonds is 10. The van der Waals surface area contributed by atoms with Gasteiger partial charge in [0.05, 0.1) is 40.0 Å². The standard InChI is InChI=1S/C20H31NO7/c1-19(2,20(7-9-22)27-10-11-28-20)18(23)21-8-6-14-12-15(24-3)17(26-5)16(13-14)25-4/h12-13,22H,6-11H2,1-5H3,(H,21,23). The van der Waals surface area contributed by atoms with E-state index in [1.54, 1.807) is 35.2 Å². The van der Waals surface area contributed by atoms with E-state index in [0.29, 0.717) is 43.4 Å². The summed E-state index contributed by atoms with van der Waals surface area (Å²) in [5.74, 6) is 0.352. The van der Waals surface area contributed by atoms with E-state index in [9.17, 15) is 9.90 Å². The normalized spacial score (nSPS) is 15.9. The molecule has 0 aliphatic carbocycles. The summed E-state index contributed by atoms with van der Waals surface area (Å²) in [6.45, 7) is 4.63. The van der Waals surface area contributed by atoms with E-state index in [-0.39, 0.29) is 18.9 Å². The summed E-state index contributed by atoms with van der Waals surface area (Å²) in [5.41, 5.74) is -0.0207. The summed E-state index contributed by atoms with van der Waals surface area (Å²) >= 11 is 0. The fourth-order valence-corrected chi connectivity index (χ4v) is 3.41. The summed E-state index contributed by atoms with van der Waals surface area (Å²) in [4.78, 5) is 12.8. The Morgan fingerprint density at radius 3 is 2.18 bits per heavy atom. The van der Waals surface area contributed by atoms with Crippen LogP contribution in [-0.2, 0) is 20.7 Å². The molecular weight excluding hydrogens is 366 g/mol. The molecule has 0 saturated carbocycles. The molecule has 2 rings (SSSR count). The van der Waals surface area contributed by atoms with Gasteiger partial charge in [-0.05, 0) is 38.0 Å². The Balaban J connectivity index is 2.05. The molecule has 1 amide bonds. The van der Waals surface area contributed by atoms with Crippen LogP contribution in [0.1, 0.15) is 25.8 Å². The van der Waals surface area contributed by atoms with E-state index in [2.05, 4.69) is 5.32 Å². The monoisotopic (exact) mass is 397 g/mol. The molecule has 0 bridgehead atoms. The van der Waals surface area contributed by atoms with E-state index < -0.39 is 11.2 Å². The van der Waals surface area contributed by atoms with Gasteiger partial charge in [-0.15, -0.1) is 0 Å². The van der Waals surface area contributed by atoms with Crippen LogP contribution in [0.25, 0.3) is 0 Å². The highest BCUT2D eigenvalue weighted by Crippen LogP contribution is 2.41. The quantitative estimate of drug-likeness (QED) is 0.618. The molecule has 1 aromatic rings. The van der Waals surface area contributed by atoms with Gasteiger partial charge in [-0.2, -0.15) is 0 Å². The number of benzene rings is 1. The lowest BCUT2D eigenvalue weighted by molar-refractivity contribution is -0.232. The van der Waals surface area contributed by atoms with Gasteiger partial charge in [0, 0.05) is 19.6 Å². The van der Waals surface area contributed by atoms with Crippen LogP contribution >= 0.6 is 0 Å². The van der Waals surface area contributed by atoms with Crippen LogP contribution in [-0.4, -0.2) is 64.5 Å². The topological polar surface area (TPSA) is 95.5 Å². The maximum Gasteiger partial charge on any atom is 0.231 e. The third-order valence-electron chi connectivity index (χ3n) is 5.14. The van der Waals surface area contributed by atoms with Crippen molar-refractivity contribution in [3.8, 4) is 17.2 Å². The third kappa shape index (κ3) is 4.34. The Labute approximate surface area is 166 Å². The number of hydrogen-bond acceptors (Lipinski definition) is 7. The highest BCUT2D eigenvalue weighted by molar-refractivity contribution is 5.83. The minimum Gasteiger partial charge on any atom is -0.493 e.